The summed E-state index contributed by atoms with van der Waals surface area (Å²) in [5.74, 6) is 0.324. The van der Waals surface area contributed by atoms with Gasteiger partial charge < -0.3 is 19.5 Å². The molecule has 6 heteroatoms. The van der Waals surface area contributed by atoms with Crippen LogP contribution in [0.5, 0.6) is 11.5 Å². The van der Waals surface area contributed by atoms with E-state index < -0.39 is 12.5 Å². The number of carboxylic acids is 1. The Morgan fingerprint density at radius 2 is 1.81 bits per heavy atom. The van der Waals surface area contributed by atoms with Crippen molar-refractivity contribution in [2.24, 2.45) is 0 Å². The summed E-state index contributed by atoms with van der Waals surface area (Å²) in [4.78, 5) is 25.5. The topological polar surface area (TPSA) is 76.1 Å². The lowest BCUT2D eigenvalue weighted by molar-refractivity contribution is -0.137. The Balaban J connectivity index is 1.66. The molecule has 32 heavy (non-hydrogen) atoms. The van der Waals surface area contributed by atoms with Crippen molar-refractivity contribution < 1.29 is 25.5 Å². The summed E-state index contributed by atoms with van der Waals surface area (Å²) >= 11 is 0. The van der Waals surface area contributed by atoms with Gasteiger partial charge in [0.15, 0.2) is 0 Å². The van der Waals surface area contributed by atoms with Crippen LogP contribution in [0.2, 0.25) is 0 Å². The predicted octanol–water partition coefficient (Wildman–Crippen LogP) is 5.30. The minimum Gasteiger partial charge on any atom is -0.493 e. The molecule has 0 spiro atoms. The lowest BCUT2D eigenvalue weighted by atomic mass is 10.1. The molecule has 0 radical (unpaired) electrons. The summed E-state index contributed by atoms with van der Waals surface area (Å²) in [6.07, 6.45) is 4.71. The highest BCUT2D eigenvalue weighted by molar-refractivity contribution is 5.94. The zero-order chi connectivity index (χ0) is 23.8. The number of para-hydroxylation sites is 1. The van der Waals surface area contributed by atoms with Crippen LogP contribution < -0.4 is 9.47 Å². The molecule has 0 aromatic heterocycles. The smallest absolute Gasteiger partial charge is 0.303 e. The van der Waals surface area contributed by atoms with Crippen molar-refractivity contribution in [2.45, 2.75) is 71.0 Å². The zero-order valence-corrected chi connectivity index (χ0v) is 18.8. The molecule has 1 fully saturated rings. The molecule has 2 aromatic rings. The molecule has 0 heterocycles. The van der Waals surface area contributed by atoms with Crippen LogP contribution in [0, 0.1) is 0 Å². The predicted molar refractivity (Wildman–Crippen MR) is 123 cm³/mol. The first-order valence-electron chi connectivity index (χ1n) is 11.9. The van der Waals surface area contributed by atoms with Gasteiger partial charge in [0.05, 0.1) is 14.1 Å². The van der Waals surface area contributed by atoms with Gasteiger partial charge in [-0.2, -0.15) is 0 Å². The largest absolute Gasteiger partial charge is 0.493 e. The maximum Gasteiger partial charge on any atom is 0.303 e. The van der Waals surface area contributed by atoms with Gasteiger partial charge in [0, 0.05) is 30.1 Å². The summed E-state index contributed by atoms with van der Waals surface area (Å²) < 4.78 is 20.6. The normalized spacial score (nSPS) is 14.5. The minimum atomic E-state index is -0.928. The number of unbranched alkanes of at least 4 members (excludes halogenated alkanes) is 2. The van der Waals surface area contributed by atoms with Gasteiger partial charge in [-0.3, -0.25) is 9.59 Å². The molecule has 1 aliphatic carbocycles. The Morgan fingerprint density at radius 3 is 2.47 bits per heavy atom. The third-order valence-electron chi connectivity index (χ3n) is 5.21. The van der Waals surface area contributed by atoms with Gasteiger partial charge in [0.2, 0.25) is 0 Å². The van der Waals surface area contributed by atoms with E-state index in [1.54, 1.807) is 23.1 Å². The van der Waals surface area contributed by atoms with E-state index >= 15 is 0 Å². The summed E-state index contributed by atoms with van der Waals surface area (Å²) in [6.45, 7) is 3.30. The number of aliphatic carboxylic acids is 1. The van der Waals surface area contributed by atoms with Crippen molar-refractivity contribution in [1.29, 1.82) is 0 Å². The Labute approximate surface area is 191 Å². The molecule has 172 valence electrons. The zero-order valence-electron chi connectivity index (χ0n) is 19.8. The van der Waals surface area contributed by atoms with Gasteiger partial charge in [-0.1, -0.05) is 18.2 Å². The maximum absolute atomic E-state index is 13.3. The number of hydrogen-bond acceptors (Lipinski definition) is 4. The lowest BCUT2D eigenvalue weighted by Crippen LogP contribution is -2.36. The van der Waals surface area contributed by atoms with E-state index in [-0.39, 0.29) is 18.4 Å². The van der Waals surface area contributed by atoms with E-state index in [0.717, 1.165) is 31.4 Å². The number of rotatable bonds is 13. The van der Waals surface area contributed by atoms with Gasteiger partial charge in [-0.25, -0.2) is 0 Å². The Morgan fingerprint density at radius 1 is 1.09 bits per heavy atom. The first kappa shape index (κ1) is 22.2. The van der Waals surface area contributed by atoms with Crippen molar-refractivity contribution in [3.63, 3.8) is 0 Å². The van der Waals surface area contributed by atoms with Crippen LogP contribution in [-0.2, 0) is 11.3 Å². The second kappa shape index (κ2) is 11.6. The van der Waals surface area contributed by atoms with E-state index in [1.807, 2.05) is 44.2 Å². The second-order valence-corrected chi connectivity index (χ2v) is 8.37. The fourth-order valence-electron chi connectivity index (χ4n) is 3.25. The van der Waals surface area contributed by atoms with Gasteiger partial charge in [-0.15, -0.1) is 0 Å². The minimum absolute atomic E-state index is 0.157. The fourth-order valence-corrected chi connectivity index (χ4v) is 3.25. The molecule has 0 bridgehead atoms. The summed E-state index contributed by atoms with van der Waals surface area (Å²) in [6, 6.07) is 14.2. The molecule has 1 saturated carbocycles. The van der Waals surface area contributed by atoms with Gasteiger partial charge in [-0.05, 0) is 76.3 Å². The quantitative estimate of drug-likeness (QED) is 0.428. The van der Waals surface area contributed by atoms with Gasteiger partial charge >= 0.3 is 5.97 Å². The highest BCUT2D eigenvalue weighted by Crippen LogP contribution is 2.27. The Bertz CT molecular complexity index is 927. The number of carbonyl (C=O) groups excluding carboxylic acids is 1. The first-order valence-corrected chi connectivity index (χ1v) is 11.3. The number of carboxylic acid groups (broad SMARTS) is 1. The highest BCUT2D eigenvalue weighted by Gasteiger charge is 2.24. The van der Waals surface area contributed by atoms with Crippen LogP contribution in [0.25, 0.3) is 0 Å². The van der Waals surface area contributed by atoms with Crippen molar-refractivity contribution in [2.75, 3.05) is 6.61 Å². The van der Waals surface area contributed by atoms with Crippen LogP contribution >= 0.6 is 0 Å². The Kier molecular flexibility index (Phi) is 8.01. The van der Waals surface area contributed by atoms with Crippen molar-refractivity contribution in [3.8, 4) is 11.5 Å². The van der Waals surface area contributed by atoms with Crippen LogP contribution in [0.15, 0.2) is 48.5 Å². The van der Waals surface area contributed by atoms with E-state index in [4.69, 9.17) is 16.0 Å². The monoisotopic (exact) mass is 440 g/mol. The average molecular weight is 441 g/mol. The summed E-state index contributed by atoms with van der Waals surface area (Å²) in [5.41, 5.74) is 1.14. The highest BCUT2D eigenvalue weighted by atomic mass is 16.5. The van der Waals surface area contributed by atoms with Crippen LogP contribution in [0.4, 0.5) is 0 Å². The number of ether oxygens (including phenoxy) is 2. The third kappa shape index (κ3) is 7.29. The van der Waals surface area contributed by atoms with E-state index in [1.165, 1.54) is 0 Å². The van der Waals surface area contributed by atoms with Crippen LogP contribution in [0.1, 0.15) is 69.7 Å². The fraction of sp³-hybridized carbons (Fsp3) is 0.462. The van der Waals surface area contributed by atoms with E-state index in [2.05, 4.69) is 0 Å². The number of amides is 1. The lowest BCUT2D eigenvalue weighted by Gasteiger charge is -2.28. The standard InChI is InChI=1S/C26H33NO5/c1-19(2)27(26(30)20-11-13-22(14-12-20)32-23-15-16-23)18-21-8-5-6-9-24(21)31-17-7-3-4-10-25(28)29/h5-6,8-9,11-14,19,23H,3-4,7,10,15-18H2,1-2H3,(H,28,29)/i18D. The van der Waals surface area contributed by atoms with Crippen LogP contribution in [0.3, 0.4) is 0 Å². The van der Waals surface area contributed by atoms with Crippen molar-refractivity contribution in [1.82, 2.24) is 4.90 Å². The third-order valence-corrected chi connectivity index (χ3v) is 5.21. The molecule has 0 saturated heterocycles. The van der Waals surface area contributed by atoms with Gasteiger partial charge in [0.25, 0.3) is 5.91 Å². The number of benzene rings is 2. The van der Waals surface area contributed by atoms with Crippen molar-refractivity contribution >= 4 is 11.9 Å². The van der Waals surface area contributed by atoms with E-state index in [9.17, 15) is 9.59 Å². The second-order valence-electron chi connectivity index (χ2n) is 8.37. The van der Waals surface area contributed by atoms with E-state index in [0.29, 0.717) is 36.0 Å². The van der Waals surface area contributed by atoms with Crippen molar-refractivity contribution in [3.05, 3.63) is 59.7 Å². The molecule has 1 aliphatic rings. The summed E-state index contributed by atoms with van der Waals surface area (Å²) in [7, 11) is 0. The molecular weight excluding hydrogens is 406 g/mol. The molecule has 3 rings (SSSR count). The molecule has 1 unspecified atom stereocenters. The van der Waals surface area contributed by atoms with Gasteiger partial charge in [0.1, 0.15) is 11.5 Å². The molecular formula is C26H33NO5. The molecule has 1 amide bonds. The Hall–Kier alpha value is -3.02. The number of hydrogen-bond donors (Lipinski definition) is 1. The average Bonchev–Trinajstić information content (AvgIpc) is 3.60. The van der Waals surface area contributed by atoms with Crippen LogP contribution in [-0.4, -0.2) is 40.6 Å². The summed E-state index contributed by atoms with van der Waals surface area (Å²) in [5, 5.41) is 8.73. The molecule has 1 N–H and O–H groups in total. The number of carbonyl (C=O) groups is 2. The molecule has 0 aliphatic heterocycles. The molecule has 2 aromatic carbocycles. The molecule has 1 atom stereocenters. The maximum atomic E-state index is 13.3. The molecule has 6 nitrogen and oxygen atoms in total. The SMILES string of the molecule is [2H]C(c1ccccc1OCCCCCC(=O)O)N(C(=O)c1ccc(OC2CC2)cc1)C(C)C. The number of nitrogens with zero attached hydrogens (tertiary/aromatic N) is 1. The first-order chi connectivity index (χ1) is 15.9.